The van der Waals surface area contributed by atoms with E-state index in [2.05, 4.69) is 15.5 Å². The van der Waals surface area contributed by atoms with Crippen molar-refractivity contribution >= 4 is 17.3 Å². The van der Waals surface area contributed by atoms with Crippen LogP contribution < -0.4 is 10.6 Å². The van der Waals surface area contributed by atoms with Gasteiger partial charge in [0.05, 0.1) is 11.9 Å². The Kier molecular flexibility index (Phi) is 4.31. The van der Waals surface area contributed by atoms with Gasteiger partial charge in [0.2, 0.25) is 0 Å². The summed E-state index contributed by atoms with van der Waals surface area (Å²) in [7, 11) is 0. The van der Waals surface area contributed by atoms with Crippen LogP contribution in [0.15, 0.2) is 30.5 Å². The van der Waals surface area contributed by atoms with Crippen molar-refractivity contribution in [1.82, 2.24) is 10.2 Å². The Morgan fingerprint density at radius 2 is 1.91 bits per heavy atom. The maximum Gasteiger partial charge on any atom is 0.471 e. The number of hydrogen-bond acceptors (Lipinski definition) is 4. The molecule has 0 aliphatic rings. The van der Waals surface area contributed by atoms with Crippen LogP contribution in [0.2, 0.25) is 0 Å². The Balaban J connectivity index is 2.11. The lowest BCUT2D eigenvalue weighted by molar-refractivity contribution is -0.167. The van der Waals surface area contributed by atoms with Gasteiger partial charge < -0.3 is 15.7 Å². The first kappa shape index (κ1) is 15.8. The largest absolute Gasteiger partial charge is 0.471 e. The van der Waals surface area contributed by atoms with Crippen LogP contribution >= 0.6 is 0 Å². The average molecular weight is 318 g/mol. The lowest BCUT2D eigenvalue weighted by Crippen LogP contribution is -2.30. The van der Waals surface area contributed by atoms with Crippen molar-refractivity contribution < 1.29 is 27.5 Å². The second kappa shape index (κ2) is 6.02. The number of anilines is 2. The molecule has 0 radical (unpaired) electrons. The number of aromatic nitrogens is 2. The first-order valence-corrected chi connectivity index (χ1v) is 5.89. The molecule has 6 nitrogen and oxygen atoms in total. The van der Waals surface area contributed by atoms with Crippen LogP contribution in [0, 0.1) is 5.82 Å². The van der Waals surface area contributed by atoms with Crippen molar-refractivity contribution in [3.8, 4) is 0 Å². The quantitative estimate of drug-likeness (QED) is 0.514. The molecule has 0 fully saturated rings. The topological polar surface area (TPSA) is 90.0 Å². The molecule has 0 aliphatic heterocycles. The van der Waals surface area contributed by atoms with E-state index in [1.165, 1.54) is 12.1 Å². The van der Waals surface area contributed by atoms with Gasteiger partial charge in [0.15, 0.2) is 6.23 Å². The number of aliphatic hydroxyl groups is 1. The van der Waals surface area contributed by atoms with Crippen molar-refractivity contribution in [3.63, 3.8) is 0 Å². The van der Waals surface area contributed by atoms with Gasteiger partial charge in [0.1, 0.15) is 11.5 Å². The maximum absolute atomic E-state index is 12.8. The zero-order valence-electron chi connectivity index (χ0n) is 10.8. The summed E-state index contributed by atoms with van der Waals surface area (Å²) in [5.41, 5.74) is -0.192. The summed E-state index contributed by atoms with van der Waals surface area (Å²) >= 11 is 0. The molecule has 0 saturated carbocycles. The molecule has 1 heterocycles. The number of aliphatic hydroxyl groups excluding tert-OH is 1. The van der Waals surface area contributed by atoms with Crippen molar-refractivity contribution in [2.45, 2.75) is 12.4 Å². The molecule has 1 amide bonds. The van der Waals surface area contributed by atoms with Gasteiger partial charge in [-0.15, -0.1) is 0 Å². The Morgan fingerprint density at radius 3 is 2.50 bits per heavy atom. The number of rotatable bonds is 4. The molecule has 4 N–H and O–H groups in total. The minimum Gasteiger partial charge on any atom is -0.368 e. The molecule has 22 heavy (non-hydrogen) atoms. The van der Waals surface area contributed by atoms with Gasteiger partial charge in [-0.05, 0) is 24.3 Å². The smallest absolute Gasteiger partial charge is 0.368 e. The minimum absolute atomic E-state index is 0.179. The SMILES string of the molecule is O=C(Nc1cn[nH]c1C(O)Nc1ccc(F)cc1)C(F)(F)F. The van der Waals surface area contributed by atoms with Gasteiger partial charge in [-0.1, -0.05) is 0 Å². The van der Waals surface area contributed by atoms with E-state index in [1.54, 1.807) is 5.32 Å². The molecule has 1 unspecified atom stereocenters. The summed E-state index contributed by atoms with van der Waals surface area (Å²) in [6.45, 7) is 0. The number of hydrogen-bond donors (Lipinski definition) is 4. The van der Waals surface area contributed by atoms with Gasteiger partial charge in [-0.3, -0.25) is 9.89 Å². The summed E-state index contributed by atoms with van der Waals surface area (Å²) in [4.78, 5) is 10.9. The molecule has 1 aromatic carbocycles. The predicted molar refractivity (Wildman–Crippen MR) is 68.3 cm³/mol. The average Bonchev–Trinajstić information content (AvgIpc) is 2.88. The molecule has 2 rings (SSSR count). The number of benzene rings is 1. The highest BCUT2D eigenvalue weighted by molar-refractivity contribution is 5.95. The van der Waals surface area contributed by atoms with Gasteiger partial charge in [0, 0.05) is 5.69 Å². The number of alkyl halides is 3. The van der Waals surface area contributed by atoms with Crippen molar-refractivity contribution in [3.05, 3.63) is 42.0 Å². The van der Waals surface area contributed by atoms with Gasteiger partial charge >= 0.3 is 12.1 Å². The van der Waals surface area contributed by atoms with Crippen molar-refractivity contribution in [2.75, 3.05) is 10.6 Å². The van der Waals surface area contributed by atoms with E-state index >= 15 is 0 Å². The highest BCUT2D eigenvalue weighted by atomic mass is 19.4. The fraction of sp³-hybridized carbons (Fsp3) is 0.167. The van der Waals surface area contributed by atoms with E-state index < -0.39 is 24.1 Å². The Labute approximate surface area is 121 Å². The fourth-order valence-electron chi connectivity index (χ4n) is 1.57. The first-order chi connectivity index (χ1) is 10.3. The second-order valence-electron chi connectivity index (χ2n) is 4.20. The number of H-pyrrole nitrogens is 1. The number of carbonyl (C=O) groups is 1. The highest BCUT2D eigenvalue weighted by Gasteiger charge is 2.39. The molecule has 1 atom stereocenters. The Bertz CT molecular complexity index is 654. The number of aromatic amines is 1. The number of nitrogens with one attached hydrogen (secondary N) is 3. The molecule has 2 aromatic rings. The molecule has 0 saturated heterocycles. The van der Waals surface area contributed by atoms with E-state index in [0.717, 1.165) is 18.3 Å². The Morgan fingerprint density at radius 1 is 1.27 bits per heavy atom. The molecule has 0 bridgehead atoms. The number of nitrogens with zero attached hydrogens (tertiary/aromatic N) is 1. The first-order valence-electron chi connectivity index (χ1n) is 5.89. The third-order valence-electron chi connectivity index (χ3n) is 2.60. The van der Waals surface area contributed by atoms with E-state index in [-0.39, 0.29) is 11.4 Å². The normalized spacial score (nSPS) is 12.8. The van der Waals surface area contributed by atoms with E-state index in [9.17, 15) is 27.5 Å². The third kappa shape index (κ3) is 3.73. The lowest BCUT2D eigenvalue weighted by atomic mass is 10.2. The standard InChI is InChI=1S/C12H10F4N4O2/c13-6-1-3-7(4-2-6)18-10(21)9-8(5-17-20-9)19-11(22)12(14,15)16/h1-5,10,18,21H,(H,17,20)(H,19,22). The second-order valence-corrected chi connectivity index (χ2v) is 4.20. The molecular formula is C12H10F4N4O2. The molecule has 0 aliphatic carbocycles. The Hall–Kier alpha value is -2.62. The molecular weight excluding hydrogens is 308 g/mol. The van der Waals surface area contributed by atoms with Crippen LogP contribution in [0.5, 0.6) is 0 Å². The lowest BCUT2D eigenvalue weighted by Gasteiger charge is -2.15. The van der Waals surface area contributed by atoms with Crippen LogP contribution in [0.4, 0.5) is 28.9 Å². The van der Waals surface area contributed by atoms with Crippen LogP contribution in [-0.2, 0) is 4.79 Å². The summed E-state index contributed by atoms with van der Waals surface area (Å²) in [5.74, 6) is -2.68. The van der Waals surface area contributed by atoms with Gasteiger partial charge in [-0.25, -0.2) is 4.39 Å². The summed E-state index contributed by atoms with van der Waals surface area (Å²) in [6.07, 6.45) is -5.63. The van der Waals surface area contributed by atoms with Crippen LogP contribution in [0.25, 0.3) is 0 Å². The van der Waals surface area contributed by atoms with E-state index in [0.29, 0.717) is 5.69 Å². The van der Waals surface area contributed by atoms with Crippen LogP contribution in [0.3, 0.4) is 0 Å². The summed E-state index contributed by atoms with van der Waals surface area (Å²) in [5, 5.41) is 19.8. The molecule has 0 spiro atoms. The van der Waals surface area contributed by atoms with Crippen molar-refractivity contribution in [1.29, 1.82) is 0 Å². The van der Waals surface area contributed by atoms with E-state index in [1.807, 2.05) is 0 Å². The zero-order valence-corrected chi connectivity index (χ0v) is 10.8. The highest BCUT2D eigenvalue weighted by Crippen LogP contribution is 2.24. The fourth-order valence-corrected chi connectivity index (χ4v) is 1.57. The van der Waals surface area contributed by atoms with Crippen molar-refractivity contribution in [2.24, 2.45) is 0 Å². The van der Waals surface area contributed by atoms with Gasteiger partial charge in [0.25, 0.3) is 0 Å². The maximum atomic E-state index is 12.8. The number of carbonyl (C=O) groups excluding carboxylic acids is 1. The number of amides is 1. The minimum atomic E-state index is -5.07. The summed E-state index contributed by atoms with van der Waals surface area (Å²) < 4.78 is 49.4. The molecule has 10 heteroatoms. The van der Waals surface area contributed by atoms with Gasteiger partial charge in [-0.2, -0.15) is 18.3 Å². The van der Waals surface area contributed by atoms with Crippen LogP contribution in [0.1, 0.15) is 11.9 Å². The third-order valence-corrected chi connectivity index (χ3v) is 2.60. The molecule has 1 aromatic heterocycles. The summed E-state index contributed by atoms with van der Waals surface area (Å²) in [6, 6.07) is 4.91. The zero-order chi connectivity index (χ0) is 16.3. The number of halogens is 4. The predicted octanol–water partition coefficient (Wildman–Crippen LogP) is 2.15. The van der Waals surface area contributed by atoms with Crippen LogP contribution in [-0.4, -0.2) is 27.4 Å². The van der Waals surface area contributed by atoms with E-state index in [4.69, 9.17) is 0 Å². The monoisotopic (exact) mass is 318 g/mol. The molecule has 118 valence electrons.